The van der Waals surface area contributed by atoms with Crippen molar-refractivity contribution in [1.29, 1.82) is 0 Å². The van der Waals surface area contributed by atoms with Gasteiger partial charge in [-0.2, -0.15) is 0 Å². The fraction of sp³-hybridized carbons (Fsp3) is 0.118. The van der Waals surface area contributed by atoms with Crippen molar-refractivity contribution in [2.75, 3.05) is 11.1 Å². The first-order valence-corrected chi connectivity index (χ1v) is 8.62. The third-order valence-corrected chi connectivity index (χ3v) is 4.47. The normalized spacial score (nSPS) is 10.7. The van der Waals surface area contributed by atoms with Crippen molar-refractivity contribution in [2.24, 2.45) is 0 Å². The first-order chi connectivity index (χ1) is 11.9. The molecule has 0 aliphatic carbocycles. The molecule has 0 radical (unpaired) electrons. The Morgan fingerprint density at radius 1 is 1.32 bits per heavy atom. The maximum absolute atomic E-state index is 12.4. The molecule has 3 N–H and O–H groups in total. The van der Waals surface area contributed by atoms with Gasteiger partial charge in [-0.25, -0.2) is 4.68 Å². The van der Waals surface area contributed by atoms with Crippen molar-refractivity contribution < 1.29 is 4.79 Å². The number of nitrogen functional groups attached to an aromatic ring is 1. The Morgan fingerprint density at radius 2 is 2.12 bits per heavy atom. The van der Waals surface area contributed by atoms with Crippen LogP contribution < -0.4 is 11.1 Å². The van der Waals surface area contributed by atoms with Gasteiger partial charge in [0.15, 0.2) is 11.5 Å². The molecule has 0 saturated heterocycles. The topological polar surface area (TPSA) is 85.8 Å². The summed E-state index contributed by atoms with van der Waals surface area (Å²) in [5.41, 5.74) is 8.75. The van der Waals surface area contributed by atoms with E-state index in [0.29, 0.717) is 17.3 Å². The average molecular weight is 421 g/mol. The highest BCUT2D eigenvalue weighted by Crippen LogP contribution is 2.24. The molecule has 3 aromatic rings. The summed E-state index contributed by atoms with van der Waals surface area (Å²) in [7, 11) is 0. The molecule has 1 aromatic heterocycles. The second kappa shape index (κ2) is 7.25. The Hall–Kier alpha value is -2.38. The monoisotopic (exact) mass is 419 g/mol. The minimum atomic E-state index is -0.417. The zero-order valence-corrected chi connectivity index (χ0v) is 15.7. The largest absolute Gasteiger partial charge is 0.382 e. The molecule has 8 heteroatoms. The van der Waals surface area contributed by atoms with Crippen LogP contribution in [0.5, 0.6) is 0 Å². The van der Waals surface area contributed by atoms with Crippen LogP contribution in [-0.4, -0.2) is 20.9 Å². The van der Waals surface area contributed by atoms with Gasteiger partial charge < -0.3 is 11.1 Å². The van der Waals surface area contributed by atoms with Crippen molar-refractivity contribution in [3.8, 4) is 0 Å². The van der Waals surface area contributed by atoms with Gasteiger partial charge >= 0.3 is 0 Å². The highest BCUT2D eigenvalue weighted by atomic mass is 79.9. The molecule has 1 heterocycles. The van der Waals surface area contributed by atoms with Crippen LogP contribution >= 0.6 is 27.5 Å². The molecule has 128 valence electrons. The van der Waals surface area contributed by atoms with Crippen molar-refractivity contribution >= 4 is 44.9 Å². The summed E-state index contributed by atoms with van der Waals surface area (Å²) in [6.07, 6.45) is 0. The number of rotatable bonds is 4. The van der Waals surface area contributed by atoms with Gasteiger partial charge in [0.2, 0.25) is 0 Å². The maximum Gasteiger partial charge on any atom is 0.280 e. The second-order valence-corrected chi connectivity index (χ2v) is 6.84. The number of aryl methyl sites for hydroxylation is 1. The van der Waals surface area contributed by atoms with Crippen LogP contribution in [0.15, 0.2) is 46.9 Å². The molecular formula is C17H15BrClN5O. The van der Waals surface area contributed by atoms with Crippen LogP contribution in [0.2, 0.25) is 5.02 Å². The number of halogens is 2. The van der Waals surface area contributed by atoms with Gasteiger partial charge in [-0.3, -0.25) is 4.79 Å². The number of hydrogen-bond acceptors (Lipinski definition) is 4. The number of nitrogens with one attached hydrogen (secondary N) is 1. The van der Waals surface area contributed by atoms with E-state index in [0.717, 1.165) is 15.6 Å². The molecule has 0 spiro atoms. The van der Waals surface area contributed by atoms with E-state index in [1.165, 1.54) is 4.68 Å². The molecule has 2 aromatic carbocycles. The second-order valence-electron chi connectivity index (χ2n) is 5.55. The van der Waals surface area contributed by atoms with Gasteiger partial charge in [0, 0.05) is 9.50 Å². The predicted octanol–water partition coefficient (Wildman–Crippen LogP) is 3.89. The van der Waals surface area contributed by atoms with Gasteiger partial charge in [-0.05, 0) is 58.2 Å². The van der Waals surface area contributed by atoms with Crippen LogP contribution in [0.25, 0.3) is 0 Å². The fourth-order valence-corrected chi connectivity index (χ4v) is 3.12. The van der Waals surface area contributed by atoms with Crippen molar-refractivity contribution in [2.45, 2.75) is 13.5 Å². The number of nitrogens with zero attached hydrogens (tertiary/aromatic N) is 3. The number of hydrogen-bond donors (Lipinski definition) is 2. The van der Waals surface area contributed by atoms with Crippen molar-refractivity contribution in [1.82, 2.24) is 15.0 Å². The Balaban J connectivity index is 1.79. The van der Waals surface area contributed by atoms with Crippen LogP contribution in [0.1, 0.15) is 21.6 Å². The summed E-state index contributed by atoms with van der Waals surface area (Å²) in [5.74, 6) is -0.222. The summed E-state index contributed by atoms with van der Waals surface area (Å²) < 4.78 is 2.25. The molecule has 25 heavy (non-hydrogen) atoms. The van der Waals surface area contributed by atoms with Gasteiger partial charge in [0.25, 0.3) is 5.91 Å². The Bertz CT molecular complexity index is 941. The summed E-state index contributed by atoms with van der Waals surface area (Å²) in [4.78, 5) is 12.4. The summed E-state index contributed by atoms with van der Waals surface area (Å²) >= 11 is 9.40. The van der Waals surface area contributed by atoms with Crippen molar-refractivity contribution in [3.63, 3.8) is 0 Å². The first kappa shape index (κ1) is 17.4. The van der Waals surface area contributed by atoms with E-state index in [1.807, 2.05) is 43.3 Å². The van der Waals surface area contributed by atoms with E-state index < -0.39 is 5.91 Å². The number of carbonyl (C=O) groups is 1. The molecule has 0 aliphatic heterocycles. The zero-order chi connectivity index (χ0) is 18.0. The minimum absolute atomic E-state index is 0.0782. The number of nitrogens with two attached hydrogens (primary N) is 1. The van der Waals surface area contributed by atoms with E-state index in [9.17, 15) is 4.79 Å². The predicted molar refractivity (Wildman–Crippen MR) is 102 cm³/mol. The molecule has 0 aliphatic rings. The number of aromatic nitrogens is 3. The third kappa shape index (κ3) is 4.00. The molecular weight excluding hydrogens is 406 g/mol. The molecule has 3 rings (SSSR count). The fourth-order valence-electron chi connectivity index (χ4n) is 2.31. The number of carbonyl (C=O) groups excluding carboxylic acids is 1. The van der Waals surface area contributed by atoms with E-state index in [4.69, 9.17) is 17.3 Å². The highest BCUT2D eigenvalue weighted by Gasteiger charge is 2.18. The number of benzene rings is 2. The molecule has 0 fully saturated rings. The van der Waals surface area contributed by atoms with Crippen LogP contribution in [0, 0.1) is 6.92 Å². The van der Waals surface area contributed by atoms with Gasteiger partial charge in [-0.1, -0.05) is 35.0 Å². The molecule has 0 unspecified atom stereocenters. The SMILES string of the molecule is Cc1ccc(NC(=O)c2nnn(Cc3cccc(Cl)c3)c2N)c(Br)c1. The lowest BCUT2D eigenvalue weighted by molar-refractivity contribution is 0.102. The minimum Gasteiger partial charge on any atom is -0.382 e. The lowest BCUT2D eigenvalue weighted by Crippen LogP contribution is -2.15. The Morgan fingerprint density at radius 3 is 2.84 bits per heavy atom. The summed E-state index contributed by atoms with van der Waals surface area (Å²) in [6, 6.07) is 13.0. The average Bonchev–Trinajstić information content (AvgIpc) is 2.91. The molecule has 0 atom stereocenters. The lowest BCUT2D eigenvalue weighted by Gasteiger charge is -2.07. The van der Waals surface area contributed by atoms with Gasteiger partial charge in [0.05, 0.1) is 12.2 Å². The van der Waals surface area contributed by atoms with E-state index >= 15 is 0 Å². The Kier molecular flexibility index (Phi) is 5.06. The smallest absolute Gasteiger partial charge is 0.280 e. The summed E-state index contributed by atoms with van der Waals surface area (Å²) in [6.45, 7) is 2.34. The number of amides is 1. The zero-order valence-electron chi connectivity index (χ0n) is 13.3. The van der Waals surface area contributed by atoms with Crippen LogP contribution in [0.3, 0.4) is 0 Å². The summed E-state index contributed by atoms with van der Waals surface area (Å²) in [5, 5.41) is 11.3. The number of anilines is 2. The maximum atomic E-state index is 12.4. The standard InChI is InChI=1S/C17H15BrClN5O/c1-10-5-6-14(13(18)7-10)21-17(25)15-16(20)24(23-22-15)9-11-3-2-4-12(19)8-11/h2-8H,9,20H2,1H3,(H,21,25). The molecule has 1 amide bonds. The molecule has 6 nitrogen and oxygen atoms in total. The highest BCUT2D eigenvalue weighted by molar-refractivity contribution is 9.10. The quantitative estimate of drug-likeness (QED) is 0.670. The van der Waals surface area contributed by atoms with Crippen molar-refractivity contribution in [3.05, 3.63) is 68.8 Å². The lowest BCUT2D eigenvalue weighted by atomic mass is 10.2. The van der Waals surface area contributed by atoms with Gasteiger partial charge in [-0.15, -0.1) is 5.10 Å². The van der Waals surface area contributed by atoms with E-state index in [2.05, 4.69) is 31.6 Å². The van der Waals surface area contributed by atoms with Crippen LogP contribution in [0.4, 0.5) is 11.5 Å². The van der Waals surface area contributed by atoms with Crippen LogP contribution in [-0.2, 0) is 6.54 Å². The molecule has 0 saturated carbocycles. The van der Waals surface area contributed by atoms with E-state index in [-0.39, 0.29) is 11.5 Å². The first-order valence-electron chi connectivity index (χ1n) is 7.45. The Labute approximate surface area is 158 Å². The van der Waals surface area contributed by atoms with E-state index in [1.54, 1.807) is 6.07 Å². The van der Waals surface area contributed by atoms with Gasteiger partial charge in [0.1, 0.15) is 0 Å². The molecule has 0 bridgehead atoms. The third-order valence-electron chi connectivity index (χ3n) is 3.58.